The Morgan fingerprint density at radius 3 is 2.19 bits per heavy atom. The van der Waals surface area contributed by atoms with Crippen LogP contribution in [0, 0.1) is 5.92 Å². The van der Waals surface area contributed by atoms with Gasteiger partial charge in [0, 0.05) is 24.9 Å². The maximum atomic E-state index is 12.3. The van der Waals surface area contributed by atoms with E-state index in [1.807, 2.05) is 31.2 Å². The zero-order valence-corrected chi connectivity index (χ0v) is 18.5. The third kappa shape index (κ3) is 5.66. The van der Waals surface area contributed by atoms with Crippen molar-refractivity contribution < 1.29 is 24.2 Å². The lowest BCUT2D eigenvalue weighted by Crippen LogP contribution is -2.39. The van der Waals surface area contributed by atoms with Crippen molar-refractivity contribution in [2.24, 2.45) is 5.92 Å². The standard InChI is InChI=1S/C25H30N2O5/c1-3-8-17(24(29)30)14-26-23(28)13-16(2)27-25(31)32-15-22-20-11-6-4-9-18(20)19-10-5-7-12-21(19)22/h4-7,9-12,16-17,22H,3,8,13-15H2,1-2H3,(H,26,28)(H,27,31)(H,29,30). The van der Waals surface area contributed by atoms with E-state index in [2.05, 4.69) is 34.9 Å². The Balaban J connectivity index is 1.48. The van der Waals surface area contributed by atoms with Gasteiger partial charge in [-0.2, -0.15) is 0 Å². The zero-order chi connectivity index (χ0) is 23.1. The molecule has 2 aromatic carbocycles. The minimum absolute atomic E-state index is 0.0294. The summed E-state index contributed by atoms with van der Waals surface area (Å²) in [5.74, 6) is -1.86. The first kappa shape index (κ1) is 23.3. The van der Waals surface area contributed by atoms with Crippen molar-refractivity contribution >= 4 is 18.0 Å². The molecule has 0 aromatic heterocycles. The number of amides is 2. The summed E-state index contributed by atoms with van der Waals surface area (Å²) in [7, 11) is 0. The first-order chi connectivity index (χ1) is 15.4. The molecule has 0 heterocycles. The first-order valence-corrected chi connectivity index (χ1v) is 11.0. The van der Waals surface area contributed by atoms with Gasteiger partial charge in [0.2, 0.25) is 5.91 Å². The molecule has 2 aromatic rings. The highest BCUT2D eigenvalue weighted by Crippen LogP contribution is 2.44. The molecule has 0 bridgehead atoms. The van der Waals surface area contributed by atoms with Crippen molar-refractivity contribution in [1.29, 1.82) is 0 Å². The molecule has 2 unspecified atom stereocenters. The van der Waals surface area contributed by atoms with Gasteiger partial charge in [0.05, 0.1) is 5.92 Å². The van der Waals surface area contributed by atoms with Crippen LogP contribution >= 0.6 is 0 Å². The Labute approximate surface area is 188 Å². The third-order valence-electron chi connectivity index (χ3n) is 5.73. The average Bonchev–Trinajstić information content (AvgIpc) is 3.08. The fraction of sp³-hybridized carbons (Fsp3) is 0.400. The highest BCUT2D eigenvalue weighted by molar-refractivity contribution is 5.80. The lowest BCUT2D eigenvalue weighted by atomic mass is 9.98. The number of carbonyl (C=O) groups is 3. The van der Waals surface area contributed by atoms with Crippen LogP contribution in [0.1, 0.15) is 50.2 Å². The summed E-state index contributed by atoms with van der Waals surface area (Å²) >= 11 is 0. The smallest absolute Gasteiger partial charge is 0.407 e. The van der Waals surface area contributed by atoms with Crippen molar-refractivity contribution in [3.63, 3.8) is 0 Å². The molecule has 32 heavy (non-hydrogen) atoms. The Kier molecular flexibility index (Phi) is 7.87. The fourth-order valence-electron chi connectivity index (χ4n) is 4.14. The van der Waals surface area contributed by atoms with Crippen LogP contribution in [-0.2, 0) is 14.3 Å². The van der Waals surface area contributed by atoms with Gasteiger partial charge < -0.3 is 20.5 Å². The summed E-state index contributed by atoms with van der Waals surface area (Å²) in [6.07, 6.45) is 0.694. The summed E-state index contributed by atoms with van der Waals surface area (Å²) in [5, 5.41) is 14.5. The molecule has 0 fully saturated rings. The van der Waals surface area contributed by atoms with Crippen molar-refractivity contribution in [2.45, 2.75) is 45.1 Å². The number of ether oxygens (including phenoxy) is 1. The van der Waals surface area contributed by atoms with E-state index in [1.165, 1.54) is 0 Å². The van der Waals surface area contributed by atoms with Crippen LogP contribution in [0.5, 0.6) is 0 Å². The number of aliphatic carboxylic acids is 1. The average molecular weight is 439 g/mol. The Hall–Kier alpha value is -3.35. The Bertz CT molecular complexity index is 929. The minimum atomic E-state index is -0.919. The van der Waals surface area contributed by atoms with Crippen molar-refractivity contribution in [3.05, 3.63) is 59.7 Å². The van der Waals surface area contributed by atoms with E-state index in [9.17, 15) is 14.4 Å². The molecule has 1 aliphatic rings. The van der Waals surface area contributed by atoms with Gasteiger partial charge in [-0.25, -0.2) is 4.79 Å². The van der Waals surface area contributed by atoms with E-state index < -0.39 is 24.0 Å². The zero-order valence-electron chi connectivity index (χ0n) is 18.5. The summed E-state index contributed by atoms with van der Waals surface area (Å²) in [5.41, 5.74) is 4.58. The van der Waals surface area contributed by atoms with Gasteiger partial charge >= 0.3 is 12.1 Å². The van der Waals surface area contributed by atoms with E-state index in [0.717, 1.165) is 28.7 Å². The minimum Gasteiger partial charge on any atom is -0.481 e. The van der Waals surface area contributed by atoms with E-state index in [0.29, 0.717) is 6.42 Å². The predicted molar refractivity (Wildman–Crippen MR) is 121 cm³/mol. The maximum Gasteiger partial charge on any atom is 0.407 e. The number of carboxylic acid groups (broad SMARTS) is 1. The molecule has 0 spiro atoms. The monoisotopic (exact) mass is 438 g/mol. The number of fused-ring (bicyclic) bond motifs is 3. The number of hydrogen-bond donors (Lipinski definition) is 3. The predicted octanol–water partition coefficient (Wildman–Crippen LogP) is 3.92. The fourth-order valence-corrected chi connectivity index (χ4v) is 4.14. The largest absolute Gasteiger partial charge is 0.481 e. The SMILES string of the molecule is CCCC(CNC(=O)CC(C)NC(=O)OCC1c2ccccc2-c2ccccc21)C(=O)O. The van der Waals surface area contributed by atoms with Gasteiger partial charge in [-0.1, -0.05) is 61.9 Å². The lowest BCUT2D eigenvalue weighted by molar-refractivity contribution is -0.141. The number of hydrogen-bond acceptors (Lipinski definition) is 4. The molecule has 1 aliphatic carbocycles. The van der Waals surface area contributed by atoms with Gasteiger partial charge in [0.25, 0.3) is 0 Å². The summed E-state index contributed by atoms with van der Waals surface area (Å²) in [6, 6.07) is 15.8. The molecule has 0 saturated carbocycles. The van der Waals surface area contributed by atoms with Crippen molar-refractivity contribution in [3.8, 4) is 11.1 Å². The van der Waals surface area contributed by atoms with Crippen LogP contribution in [0.15, 0.2) is 48.5 Å². The molecule has 0 saturated heterocycles. The van der Waals surface area contributed by atoms with E-state index >= 15 is 0 Å². The number of alkyl carbamates (subject to hydrolysis) is 1. The van der Waals surface area contributed by atoms with Gasteiger partial charge in [-0.15, -0.1) is 0 Å². The topological polar surface area (TPSA) is 105 Å². The van der Waals surface area contributed by atoms with Crippen molar-refractivity contribution in [2.75, 3.05) is 13.2 Å². The number of nitrogens with one attached hydrogen (secondary N) is 2. The molecule has 3 rings (SSSR count). The van der Waals surface area contributed by atoms with Gasteiger partial charge in [-0.3, -0.25) is 9.59 Å². The van der Waals surface area contributed by atoms with E-state index in [4.69, 9.17) is 9.84 Å². The van der Waals surface area contributed by atoms with E-state index in [1.54, 1.807) is 6.92 Å². The first-order valence-electron chi connectivity index (χ1n) is 11.0. The van der Waals surface area contributed by atoms with Crippen molar-refractivity contribution in [1.82, 2.24) is 10.6 Å². The molecular formula is C25H30N2O5. The maximum absolute atomic E-state index is 12.3. The second-order valence-corrected chi connectivity index (χ2v) is 8.20. The number of rotatable bonds is 10. The van der Waals surface area contributed by atoms with Crippen LogP contribution in [0.4, 0.5) is 4.79 Å². The van der Waals surface area contributed by atoms with Crippen LogP contribution in [0.25, 0.3) is 11.1 Å². The highest BCUT2D eigenvalue weighted by atomic mass is 16.5. The molecule has 7 heteroatoms. The van der Waals surface area contributed by atoms with Crippen LogP contribution in [0.3, 0.4) is 0 Å². The molecular weight excluding hydrogens is 408 g/mol. The molecule has 0 radical (unpaired) electrons. The number of carbonyl (C=O) groups excluding carboxylic acids is 2. The van der Waals surface area contributed by atoms with E-state index in [-0.39, 0.29) is 31.4 Å². The van der Waals surface area contributed by atoms with Gasteiger partial charge in [-0.05, 0) is 35.6 Å². The van der Waals surface area contributed by atoms with Crippen LogP contribution in [-0.4, -0.2) is 42.3 Å². The third-order valence-corrected chi connectivity index (χ3v) is 5.73. The second-order valence-electron chi connectivity index (χ2n) is 8.20. The quantitative estimate of drug-likeness (QED) is 0.521. The highest BCUT2D eigenvalue weighted by Gasteiger charge is 2.29. The Morgan fingerprint density at radius 2 is 1.62 bits per heavy atom. The van der Waals surface area contributed by atoms with Gasteiger partial charge in [0.15, 0.2) is 0 Å². The molecule has 0 aliphatic heterocycles. The lowest BCUT2D eigenvalue weighted by Gasteiger charge is -2.18. The molecule has 170 valence electrons. The summed E-state index contributed by atoms with van der Waals surface area (Å²) < 4.78 is 5.49. The number of carboxylic acids is 1. The van der Waals surface area contributed by atoms with Crippen LogP contribution in [0.2, 0.25) is 0 Å². The molecule has 7 nitrogen and oxygen atoms in total. The molecule has 3 N–H and O–H groups in total. The molecule has 2 atom stereocenters. The van der Waals surface area contributed by atoms with Crippen LogP contribution < -0.4 is 10.6 Å². The second kappa shape index (κ2) is 10.8. The molecule has 2 amide bonds. The summed E-state index contributed by atoms with van der Waals surface area (Å²) in [4.78, 5) is 35.6. The summed E-state index contributed by atoms with van der Waals surface area (Å²) in [6.45, 7) is 3.90. The Morgan fingerprint density at radius 1 is 1.03 bits per heavy atom. The normalized spacial score (nSPS) is 14.1. The number of benzene rings is 2. The van der Waals surface area contributed by atoms with Gasteiger partial charge in [0.1, 0.15) is 6.61 Å².